The van der Waals surface area contributed by atoms with Crippen molar-refractivity contribution in [3.63, 3.8) is 0 Å². The fourth-order valence-electron chi connectivity index (χ4n) is 2.18. The Morgan fingerprint density at radius 3 is 2.78 bits per heavy atom. The molecule has 4 nitrogen and oxygen atoms in total. The molecule has 0 spiro atoms. The summed E-state index contributed by atoms with van der Waals surface area (Å²) in [5, 5.41) is 3.84. The van der Waals surface area contributed by atoms with Crippen molar-refractivity contribution < 1.29 is 9.13 Å². The Morgan fingerprint density at radius 2 is 2.09 bits per heavy atom. The van der Waals surface area contributed by atoms with E-state index < -0.39 is 5.82 Å². The molecule has 23 heavy (non-hydrogen) atoms. The number of aromatic nitrogens is 2. The summed E-state index contributed by atoms with van der Waals surface area (Å²) in [7, 11) is 1.54. The maximum Gasteiger partial charge on any atom is 0.141 e. The number of hydrogen-bond acceptors (Lipinski definition) is 4. The number of benzene rings is 2. The van der Waals surface area contributed by atoms with Crippen molar-refractivity contribution in [1.29, 1.82) is 0 Å². The monoisotopic (exact) mass is 327 g/mol. The summed E-state index contributed by atoms with van der Waals surface area (Å²) in [5.41, 5.74) is 1.87. The van der Waals surface area contributed by atoms with Gasteiger partial charge in [0.15, 0.2) is 0 Å². The van der Waals surface area contributed by atoms with Gasteiger partial charge in [-0.2, -0.15) is 0 Å². The molecule has 0 radical (unpaired) electrons. The summed E-state index contributed by atoms with van der Waals surface area (Å²) >= 11 is 5.79. The Bertz CT molecular complexity index is 937. The van der Waals surface area contributed by atoms with Gasteiger partial charge in [0.1, 0.15) is 23.7 Å². The number of rotatable bonds is 3. The predicted octanol–water partition coefficient (Wildman–Crippen LogP) is 4.16. The van der Waals surface area contributed by atoms with E-state index in [4.69, 9.17) is 22.8 Å². The van der Waals surface area contributed by atoms with Crippen molar-refractivity contribution in [2.24, 2.45) is 0 Å². The molecule has 1 heterocycles. The number of nitrogens with one attached hydrogen (secondary N) is 1. The lowest BCUT2D eigenvalue weighted by atomic mass is 10.1. The van der Waals surface area contributed by atoms with E-state index in [0.717, 1.165) is 5.39 Å². The highest BCUT2D eigenvalue weighted by molar-refractivity contribution is 6.31. The number of methoxy groups -OCH3 is 1. The predicted molar refractivity (Wildman–Crippen MR) is 88.7 cm³/mol. The molecule has 0 bridgehead atoms. The van der Waals surface area contributed by atoms with Crippen LogP contribution in [0.4, 0.5) is 15.9 Å². The van der Waals surface area contributed by atoms with Gasteiger partial charge in [-0.25, -0.2) is 14.4 Å². The molecule has 0 atom stereocenters. The van der Waals surface area contributed by atoms with E-state index in [1.165, 1.54) is 18.5 Å². The van der Waals surface area contributed by atoms with Gasteiger partial charge in [0.2, 0.25) is 0 Å². The first kappa shape index (κ1) is 15.1. The molecule has 0 amide bonds. The summed E-state index contributed by atoms with van der Waals surface area (Å²) in [6.07, 6.45) is 6.93. The van der Waals surface area contributed by atoms with Crippen LogP contribution in [0.1, 0.15) is 5.56 Å². The van der Waals surface area contributed by atoms with Crippen molar-refractivity contribution in [1.82, 2.24) is 9.97 Å². The standard InChI is InChI=1S/C17H11ClFN3O/c1-3-10-6-12-15(8-16(10)23-2)20-9-21-17(12)22-11-4-5-14(19)13(18)7-11/h1,4-9H,2H3,(H,20,21,22). The zero-order valence-electron chi connectivity index (χ0n) is 12.1. The molecule has 0 aliphatic rings. The van der Waals surface area contributed by atoms with Gasteiger partial charge >= 0.3 is 0 Å². The van der Waals surface area contributed by atoms with Gasteiger partial charge in [0.05, 0.1) is 23.2 Å². The van der Waals surface area contributed by atoms with Crippen LogP contribution in [0.3, 0.4) is 0 Å². The average molecular weight is 328 g/mol. The lowest BCUT2D eigenvalue weighted by molar-refractivity contribution is 0.414. The molecule has 0 unspecified atom stereocenters. The van der Waals surface area contributed by atoms with Crippen molar-refractivity contribution in [3.05, 3.63) is 53.1 Å². The van der Waals surface area contributed by atoms with E-state index in [1.807, 2.05) is 0 Å². The highest BCUT2D eigenvalue weighted by Gasteiger charge is 2.10. The Morgan fingerprint density at radius 1 is 1.26 bits per heavy atom. The van der Waals surface area contributed by atoms with E-state index in [9.17, 15) is 4.39 Å². The Kier molecular flexibility index (Phi) is 4.00. The molecule has 1 N–H and O–H groups in total. The third kappa shape index (κ3) is 2.89. The fourth-order valence-corrected chi connectivity index (χ4v) is 2.36. The zero-order valence-corrected chi connectivity index (χ0v) is 12.9. The normalized spacial score (nSPS) is 10.3. The van der Waals surface area contributed by atoms with Crippen LogP contribution in [0.2, 0.25) is 5.02 Å². The Labute approximate surface area is 137 Å². The zero-order chi connectivity index (χ0) is 16.4. The summed E-state index contributed by atoms with van der Waals surface area (Å²) < 4.78 is 18.5. The van der Waals surface area contributed by atoms with Crippen LogP contribution in [-0.2, 0) is 0 Å². The minimum atomic E-state index is -0.482. The smallest absolute Gasteiger partial charge is 0.141 e. The minimum absolute atomic E-state index is 0.0272. The summed E-state index contributed by atoms with van der Waals surface area (Å²) in [6, 6.07) is 7.85. The first-order valence-electron chi connectivity index (χ1n) is 6.64. The number of hydrogen-bond donors (Lipinski definition) is 1. The van der Waals surface area contributed by atoms with Crippen molar-refractivity contribution in [2.75, 3.05) is 12.4 Å². The molecule has 0 aliphatic carbocycles. The van der Waals surface area contributed by atoms with Crippen molar-refractivity contribution in [3.8, 4) is 18.1 Å². The number of terminal acetylenes is 1. The third-order valence-corrected chi connectivity index (χ3v) is 3.58. The van der Waals surface area contributed by atoms with Gasteiger partial charge in [-0.05, 0) is 24.3 Å². The number of ether oxygens (including phenoxy) is 1. The second kappa shape index (κ2) is 6.11. The second-order valence-electron chi connectivity index (χ2n) is 4.69. The van der Waals surface area contributed by atoms with Gasteiger partial charge < -0.3 is 10.1 Å². The summed E-state index contributed by atoms with van der Waals surface area (Å²) in [4.78, 5) is 8.43. The largest absolute Gasteiger partial charge is 0.495 e. The van der Waals surface area contributed by atoms with E-state index in [2.05, 4.69) is 21.2 Å². The van der Waals surface area contributed by atoms with Crippen LogP contribution in [0, 0.1) is 18.2 Å². The highest BCUT2D eigenvalue weighted by Crippen LogP contribution is 2.30. The Balaban J connectivity index is 2.10. The van der Waals surface area contributed by atoms with Crippen LogP contribution >= 0.6 is 11.6 Å². The lowest BCUT2D eigenvalue weighted by Crippen LogP contribution is -1.98. The lowest BCUT2D eigenvalue weighted by Gasteiger charge is -2.11. The molecular weight excluding hydrogens is 317 g/mol. The molecule has 114 valence electrons. The van der Waals surface area contributed by atoms with Gasteiger partial charge in [-0.3, -0.25) is 0 Å². The van der Waals surface area contributed by atoms with Crippen LogP contribution < -0.4 is 10.1 Å². The minimum Gasteiger partial charge on any atom is -0.495 e. The topological polar surface area (TPSA) is 47.0 Å². The second-order valence-corrected chi connectivity index (χ2v) is 5.10. The number of halogens is 2. The molecule has 3 rings (SSSR count). The van der Waals surface area contributed by atoms with Gasteiger partial charge in [0.25, 0.3) is 0 Å². The molecule has 0 aliphatic heterocycles. The van der Waals surface area contributed by atoms with E-state index in [-0.39, 0.29) is 5.02 Å². The molecule has 2 aromatic carbocycles. The molecule has 0 saturated carbocycles. The molecule has 3 aromatic rings. The average Bonchev–Trinajstić information content (AvgIpc) is 2.57. The van der Waals surface area contributed by atoms with Crippen LogP contribution in [-0.4, -0.2) is 17.1 Å². The fraction of sp³-hybridized carbons (Fsp3) is 0.0588. The quantitative estimate of drug-likeness (QED) is 0.734. The van der Waals surface area contributed by atoms with Crippen LogP contribution in [0.15, 0.2) is 36.7 Å². The van der Waals surface area contributed by atoms with Gasteiger partial charge in [-0.15, -0.1) is 6.42 Å². The van der Waals surface area contributed by atoms with E-state index in [1.54, 1.807) is 25.3 Å². The van der Waals surface area contributed by atoms with E-state index >= 15 is 0 Å². The first-order valence-corrected chi connectivity index (χ1v) is 7.01. The van der Waals surface area contributed by atoms with Crippen molar-refractivity contribution >= 4 is 34.0 Å². The maximum atomic E-state index is 13.3. The number of nitrogens with zero attached hydrogens (tertiary/aromatic N) is 2. The third-order valence-electron chi connectivity index (χ3n) is 3.29. The SMILES string of the molecule is C#Cc1cc2c(Nc3ccc(F)c(Cl)c3)ncnc2cc1OC. The molecule has 6 heteroatoms. The van der Waals surface area contributed by atoms with Crippen LogP contribution in [0.25, 0.3) is 10.9 Å². The number of anilines is 2. The maximum absolute atomic E-state index is 13.3. The van der Waals surface area contributed by atoms with Gasteiger partial charge in [0, 0.05) is 17.1 Å². The van der Waals surface area contributed by atoms with E-state index in [0.29, 0.717) is 28.3 Å². The highest BCUT2D eigenvalue weighted by atomic mass is 35.5. The van der Waals surface area contributed by atoms with Crippen molar-refractivity contribution in [2.45, 2.75) is 0 Å². The summed E-state index contributed by atoms with van der Waals surface area (Å²) in [6.45, 7) is 0. The molecular formula is C17H11ClFN3O. The first-order chi connectivity index (χ1) is 11.1. The molecule has 1 aromatic heterocycles. The molecule has 0 saturated heterocycles. The van der Waals surface area contributed by atoms with Gasteiger partial charge in [-0.1, -0.05) is 17.5 Å². The number of fused-ring (bicyclic) bond motifs is 1. The summed E-state index contributed by atoms with van der Waals surface area (Å²) in [5.74, 6) is 3.19. The Hall–Kier alpha value is -2.84. The van der Waals surface area contributed by atoms with Crippen LogP contribution in [0.5, 0.6) is 5.75 Å². The molecule has 0 fully saturated rings.